The van der Waals surface area contributed by atoms with Crippen LogP contribution in [0.1, 0.15) is 67.2 Å². The summed E-state index contributed by atoms with van der Waals surface area (Å²) in [6.07, 6.45) is 2.54. The maximum Gasteiger partial charge on any atom is 0.325 e. The fourth-order valence-corrected chi connectivity index (χ4v) is 4.31. The van der Waals surface area contributed by atoms with Gasteiger partial charge in [0.2, 0.25) is 17.6 Å². The minimum atomic E-state index is -1.11. The number of urea groups is 1. The van der Waals surface area contributed by atoms with Gasteiger partial charge in [-0.25, -0.2) is 4.79 Å². The van der Waals surface area contributed by atoms with Crippen molar-refractivity contribution in [2.75, 3.05) is 13.1 Å². The molecule has 2 fully saturated rings. The lowest BCUT2D eigenvalue weighted by molar-refractivity contribution is -0.153. The minimum Gasteiger partial charge on any atom is -0.459 e. The van der Waals surface area contributed by atoms with Gasteiger partial charge in [-0.05, 0) is 51.4 Å². The molecule has 12 heteroatoms. The van der Waals surface area contributed by atoms with E-state index in [1.807, 2.05) is 6.92 Å². The Balaban J connectivity index is 2.07. The number of ether oxygens (including phenoxy) is 1. The molecule has 0 aromatic rings. The molecular weight excluding hydrogens is 482 g/mol. The van der Waals surface area contributed by atoms with Gasteiger partial charge >= 0.3 is 12.0 Å². The second kappa shape index (κ2) is 12.4. The van der Waals surface area contributed by atoms with Crippen LogP contribution in [0.3, 0.4) is 0 Å². The van der Waals surface area contributed by atoms with Crippen molar-refractivity contribution >= 4 is 35.5 Å². The molecule has 0 bridgehead atoms. The number of hydrogen-bond acceptors (Lipinski definition) is 7. The van der Waals surface area contributed by atoms with Crippen molar-refractivity contribution in [3.63, 3.8) is 0 Å². The quantitative estimate of drug-likeness (QED) is 0.221. The molecule has 12 nitrogen and oxygen atoms in total. The highest BCUT2D eigenvalue weighted by molar-refractivity contribution is 6.37. The van der Waals surface area contributed by atoms with Crippen molar-refractivity contribution in [2.24, 2.45) is 23.5 Å². The first kappa shape index (κ1) is 30.0. The third kappa shape index (κ3) is 9.32. The number of rotatable bonds is 11. The number of nitrogens with two attached hydrogens (primary N) is 1. The topological polar surface area (TPSA) is 177 Å². The van der Waals surface area contributed by atoms with Gasteiger partial charge < -0.3 is 31.3 Å². The number of ketones is 1. The van der Waals surface area contributed by atoms with Crippen molar-refractivity contribution in [1.29, 1.82) is 0 Å². The standard InChI is InChI=1S/C25H41N5O7/c1-13(2)19(29-24(36)27-11-18(31)37-25(4,5)6)23(35)30-12-14(3)9-17(30)22(34)28-16(10-15-7-8-15)20(32)21(26)33/h13-17,19H,7-12H2,1-6H3,(H2,26,33)(H,28,34)(H2,27,29,36)/t14?,16?,17-,19?/m0/s1. The maximum absolute atomic E-state index is 13.5. The average molecular weight is 524 g/mol. The predicted octanol–water partition coefficient (Wildman–Crippen LogP) is 0.228. The first-order valence-corrected chi connectivity index (χ1v) is 12.8. The van der Waals surface area contributed by atoms with E-state index in [2.05, 4.69) is 16.0 Å². The van der Waals surface area contributed by atoms with Crippen LogP contribution in [0.25, 0.3) is 0 Å². The molecule has 0 aromatic heterocycles. The zero-order valence-corrected chi connectivity index (χ0v) is 22.6. The second-order valence-electron chi connectivity index (χ2n) is 11.5. The molecule has 1 saturated carbocycles. The van der Waals surface area contributed by atoms with Gasteiger partial charge in [-0.2, -0.15) is 0 Å². The van der Waals surface area contributed by atoms with Crippen LogP contribution >= 0.6 is 0 Å². The molecule has 1 heterocycles. The number of carbonyl (C=O) groups excluding carboxylic acids is 6. The van der Waals surface area contributed by atoms with Crippen LogP contribution < -0.4 is 21.7 Å². The highest BCUT2D eigenvalue weighted by Crippen LogP contribution is 2.34. The first-order chi connectivity index (χ1) is 17.1. The number of carbonyl (C=O) groups is 6. The van der Waals surface area contributed by atoms with E-state index in [0.717, 1.165) is 12.8 Å². The number of Topliss-reactive ketones (excluding diaryl/α,β-unsaturated/α-hetero) is 1. The Bertz CT molecular complexity index is 910. The van der Waals surface area contributed by atoms with Crippen molar-refractivity contribution < 1.29 is 33.5 Å². The van der Waals surface area contributed by atoms with Crippen molar-refractivity contribution in [3.05, 3.63) is 0 Å². The number of likely N-dealkylation sites (tertiary alicyclic amines) is 1. The third-order valence-corrected chi connectivity index (χ3v) is 6.27. The summed E-state index contributed by atoms with van der Waals surface area (Å²) in [4.78, 5) is 76.2. The number of esters is 1. The Morgan fingerprint density at radius 2 is 1.68 bits per heavy atom. The van der Waals surface area contributed by atoms with Gasteiger partial charge in [-0.1, -0.05) is 33.6 Å². The van der Waals surface area contributed by atoms with Crippen molar-refractivity contribution in [1.82, 2.24) is 20.9 Å². The molecular formula is C25H41N5O7. The van der Waals surface area contributed by atoms with Crippen molar-refractivity contribution in [3.8, 4) is 0 Å². The van der Waals surface area contributed by atoms with E-state index in [0.29, 0.717) is 19.4 Å². The summed E-state index contributed by atoms with van der Waals surface area (Å²) >= 11 is 0. The molecule has 1 saturated heterocycles. The molecule has 0 radical (unpaired) electrons. The molecule has 3 unspecified atom stereocenters. The molecule has 2 aliphatic rings. The number of hydrogen-bond donors (Lipinski definition) is 4. The molecule has 5 amide bonds. The van der Waals surface area contributed by atoms with E-state index >= 15 is 0 Å². The fraction of sp³-hybridized carbons (Fsp3) is 0.760. The monoisotopic (exact) mass is 523 g/mol. The summed E-state index contributed by atoms with van der Waals surface area (Å²) in [5.74, 6) is -3.64. The van der Waals surface area contributed by atoms with E-state index in [1.165, 1.54) is 4.90 Å². The molecule has 0 spiro atoms. The van der Waals surface area contributed by atoms with E-state index in [1.54, 1.807) is 34.6 Å². The molecule has 0 aromatic carbocycles. The van der Waals surface area contributed by atoms with Gasteiger partial charge in [-0.15, -0.1) is 0 Å². The minimum absolute atomic E-state index is 0.00207. The van der Waals surface area contributed by atoms with E-state index < -0.39 is 59.2 Å². The fourth-order valence-electron chi connectivity index (χ4n) is 4.31. The van der Waals surface area contributed by atoms with E-state index in [9.17, 15) is 28.8 Å². The lowest BCUT2D eigenvalue weighted by atomic mass is 10.0. The highest BCUT2D eigenvalue weighted by Gasteiger charge is 2.43. The van der Waals surface area contributed by atoms with Gasteiger partial charge in [0.1, 0.15) is 24.2 Å². The number of amides is 5. The number of nitrogens with one attached hydrogen (secondary N) is 3. The van der Waals surface area contributed by atoms with Gasteiger partial charge in [0.25, 0.3) is 5.91 Å². The second-order valence-corrected chi connectivity index (χ2v) is 11.5. The Morgan fingerprint density at radius 1 is 1.05 bits per heavy atom. The molecule has 37 heavy (non-hydrogen) atoms. The normalized spacial score (nSPS) is 21.1. The average Bonchev–Trinajstić information content (AvgIpc) is 3.51. The molecule has 1 aliphatic heterocycles. The van der Waals surface area contributed by atoms with Crippen LogP contribution in [-0.4, -0.2) is 77.2 Å². The Kier molecular flexibility index (Phi) is 10.0. The summed E-state index contributed by atoms with van der Waals surface area (Å²) in [6.45, 7) is 10.4. The Morgan fingerprint density at radius 3 is 2.19 bits per heavy atom. The summed E-state index contributed by atoms with van der Waals surface area (Å²) in [6, 6.07) is -3.57. The lowest BCUT2D eigenvalue weighted by Gasteiger charge is -2.31. The zero-order valence-electron chi connectivity index (χ0n) is 22.6. The van der Waals surface area contributed by atoms with Crippen LogP contribution in [0.5, 0.6) is 0 Å². The zero-order chi connectivity index (χ0) is 28.1. The molecule has 4 atom stereocenters. The maximum atomic E-state index is 13.5. The van der Waals surface area contributed by atoms with Crippen LogP contribution in [0.2, 0.25) is 0 Å². The Labute approximate surface area is 217 Å². The summed E-state index contributed by atoms with van der Waals surface area (Å²) < 4.78 is 5.16. The van der Waals surface area contributed by atoms with Crippen LogP contribution in [0.4, 0.5) is 4.79 Å². The lowest BCUT2D eigenvalue weighted by Crippen LogP contribution is -2.58. The smallest absolute Gasteiger partial charge is 0.325 e. The van der Waals surface area contributed by atoms with E-state index in [-0.39, 0.29) is 24.3 Å². The molecule has 1 aliphatic carbocycles. The molecule has 5 N–H and O–H groups in total. The summed E-state index contributed by atoms with van der Waals surface area (Å²) in [5, 5.41) is 7.64. The summed E-state index contributed by atoms with van der Waals surface area (Å²) in [5.41, 5.74) is 4.47. The van der Waals surface area contributed by atoms with E-state index in [4.69, 9.17) is 10.5 Å². The first-order valence-electron chi connectivity index (χ1n) is 12.8. The largest absolute Gasteiger partial charge is 0.459 e. The third-order valence-electron chi connectivity index (χ3n) is 6.27. The van der Waals surface area contributed by atoms with Crippen LogP contribution in [-0.2, 0) is 28.7 Å². The molecule has 2 rings (SSSR count). The van der Waals surface area contributed by atoms with Gasteiger partial charge in [0.15, 0.2) is 0 Å². The van der Waals surface area contributed by atoms with Crippen LogP contribution in [0.15, 0.2) is 0 Å². The Hall–Kier alpha value is -3.18. The van der Waals surface area contributed by atoms with Crippen LogP contribution in [0, 0.1) is 17.8 Å². The number of primary amides is 1. The van der Waals surface area contributed by atoms with Gasteiger partial charge in [0.05, 0.1) is 6.04 Å². The SMILES string of the molecule is CC1C[C@@H](C(=O)NC(CC2CC2)C(=O)C(N)=O)N(C(=O)C(NC(=O)NCC(=O)OC(C)(C)C)C(C)C)C1. The van der Waals surface area contributed by atoms with Gasteiger partial charge in [0, 0.05) is 6.54 Å². The summed E-state index contributed by atoms with van der Waals surface area (Å²) in [7, 11) is 0. The van der Waals surface area contributed by atoms with Gasteiger partial charge in [-0.3, -0.25) is 24.0 Å². The molecule has 208 valence electrons. The predicted molar refractivity (Wildman–Crippen MR) is 134 cm³/mol. The highest BCUT2D eigenvalue weighted by atomic mass is 16.6. The number of nitrogens with zero attached hydrogens (tertiary/aromatic N) is 1. The van der Waals surface area contributed by atoms with Crippen molar-refractivity contribution in [2.45, 2.75) is 91.0 Å².